The van der Waals surface area contributed by atoms with Crippen molar-refractivity contribution in [2.24, 2.45) is 0 Å². The molecule has 0 amide bonds. The number of nitrogens with zero attached hydrogens (tertiary/aromatic N) is 1. The molecule has 3 rings (SSSR count). The summed E-state index contributed by atoms with van der Waals surface area (Å²) in [5, 5.41) is 9.99. The van der Waals surface area contributed by atoms with Gasteiger partial charge in [-0.15, -0.1) is 0 Å². The lowest BCUT2D eigenvalue weighted by atomic mass is 10.1. The van der Waals surface area contributed by atoms with E-state index in [0.29, 0.717) is 16.5 Å². The third kappa shape index (κ3) is 1.92. The SMILES string of the molecule is Cc1cc2c(cc1Cl)c(=O)c(C(=O)O)cn2C1CC1. The van der Waals surface area contributed by atoms with Gasteiger partial charge in [0.1, 0.15) is 5.56 Å². The van der Waals surface area contributed by atoms with Crippen LogP contribution >= 0.6 is 11.6 Å². The molecule has 5 heteroatoms. The first-order chi connectivity index (χ1) is 8.99. The smallest absolute Gasteiger partial charge is 0.341 e. The lowest BCUT2D eigenvalue weighted by Crippen LogP contribution is -2.18. The summed E-state index contributed by atoms with van der Waals surface area (Å²) in [6.45, 7) is 1.87. The van der Waals surface area contributed by atoms with E-state index >= 15 is 0 Å². The maximum Gasteiger partial charge on any atom is 0.341 e. The van der Waals surface area contributed by atoms with Gasteiger partial charge in [0.25, 0.3) is 0 Å². The van der Waals surface area contributed by atoms with E-state index in [1.54, 1.807) is 6.07 Å². The van der Waals surface area contributed by atoms with Crippen LogP contribution in [-0.2, 0) is 0 Å². The second kappa shape index (κ2) is 4.10. The van der Waals surface area contributed by atoms with Gasteiger partial charge < -0.3 is 9.67 Å². The van der Waals surface area contributed by atoms with E-state index in [4.69, 9.17) is 16.7 Å². The molecule has 4 nitrogen and oxygen atoms in total. The summed E-state index contributed by atoms with van der Waals surface area (Å²) in [5.41, 5.74) is 0.978. The second-order valence-electron chi connectivity index (χ2n) is 4.93. The second-order valence-corrected chi connectivity index (χ2v) is 5.34. The third-order valence-corrected chi connectivity index (χ3v) is 3.89. The highest BCUT2D eigenvalue weighted by Gasteiger charge is 2.26. The average molecular weight is 278 g/mol. The van der Waals surface area contributed by atoms with E-state index in [0.717, 1.165) is 23.9 Å². The van der Waals surface area contributed by atoms with Gasteiger partial charge >= 0.3 is 5.97 Å². The van der Waals surface area contributed by atoms with Crippen LogP contribution in [0.3, 0.4) is 0 Å². The predicted molar refractivity (Wildman–Crippen MR) is 73.2 cm³/mol. The Morgan fingerprint density at radius 1 is 1.42 bits per heavy atom. The van der Waals surface area contributed by atoms with E-state index in [2.05, 4.69) is 0 Å². The predicted octanol–water partition coefficient (Wildman–Crippen LogP) is 3.00. The molecule has 0 radical (unpaired) electrons. The molecule has 0 aliphatic heterocycles. The number of fused-ring (bicyclic) bond motifs is 1. The number of aromatic nitrogens is 1. The number of aryl methyl sites for hydroxylation is 1. The highest BCUT2D eigenvalue weighted by atomic mass is 35.5. The molecule has 1 heterocycles. The van der Waals surface area contributed by atoms with Crippen LogP contribution in [0.4, 0.5) is 0 Å². The molecule has 1 saturated carbocycles. The Labute approximate surface area is 114 Å². The van der Waals surface area contributed by atoms with Gasteiger partial charge in [-0.25, -0.2) is 4.79 Å². The minimum absolute atomic E-state index is 0.195. The number of benzene rings is 1. The van der Waals surface area contributed by atoms with E-state index in [9.17, 15) is 9.59 Å². The Bertz CT molecular complexity index is 759. The summed E-state index contributed by atoms with van der Waals surface area (Å²) in [6.07, 6.45) is 3.48. The molecule has 0 bridgehead atoms. The number of carbonyl (C=O) groups is 1. The van der Waals surface area contributed by atoms with Gasteiger partial charge in [0.15, 0.2) is 0 Å². The summed E-state index contributed by atoms with van der Waals surface area (Å²) in [4.78, 5) is 23.3. The maximum atomic E-state index is 12.2. The number of aromatic carboxylic acids is 1. The summed E-state index contributed by atoms with van der Waals surface area (Å²) >= 11 is 6.04. The molecule has 2 aromatic rings. The van der Waals surface area contributed by atoms with Crippen LogP contribution in [0, 0.1) is 6.92 Å². The largest absolute Gasteiger partial charge is 0.477 e. The quantitative estimate of drug-likeness (QED) is 0.918. The standard InChI is InChI=1S/C14H12ClNO3/c1-7-4-12-9(5-11(7)15)13(17)10(14(18)19)6-16(12)8-2-3-8/h4-6,8H,2-3H2,1H3,(H,18,19). The molecule has 1 aromatic carbocycles. The van der Waals surface area contributed by atoms with E-state index in [1.165, 1.54) is 6.20 Å². The van der Waals surface area contributed by atoms with Crippen molar-refractivity contribution in [1.82, 2.24) is 4.57 Å². The van der Waals surface area contributed by atoms with Crippen LogP contribution in [0.2, 0.25) is 5.02 Å². The van der Waals surface area contributed by atoms with Crippen molar-refractivity contribution in [2.75, 3.05) is 0 Å². The first-order valence-corrected chi connectivity index (χ1v) is 6.45. The number of rotatable bonds is 2. The van der Waals surface area contributed by atoms with E-state index in [-0.39, 0.29) is 5.56 Å². The normalized spacial score (nSPS) is 14.8. The van der Waals surface area contributed by atoms with Crippen molar-refractivity contribution >= 4 is 28.5 Å². The Kier molecular flexibility index (Phi) is 2.64. The number of halogens is 1. The van der Waals surface area contributed by atoms with Crippen molar-refractivity contribution in [3.8, 4) is 0 Å². The molecule has 1 fully saturated rings. The van der Waals surface area contributed by atoms with Gasteiger partial charge in [0.2, 0.25) is 5.43 Å². The van der Waals surface area contributed by atoms with Crippen molar-refractivity contribution in [1.29, 1.82) is 0 Å². The van der Waals surface area contributed by atoms with Crippen molar-refractivity contribution in [3.63, 3.8) is 0 Å². The number of carboxylic acids is 1. The average Bonchev–Trinajstić information content (AvgIpc) is 3.16. The van der Waals surface area contributed by atoms with Gasteiger partial charge in [0.05, 0.1) is 5.52 Å². The lowest BCUT2D eigenvalue weighted by molar-refractivity contribution is 0.0695. The van der Waals surface area contributed by atoms with E-state index in [1.807, 2.05) is 17.6 Å². The fraction of sp³-hybridized carbons (Fsp3) is 0.286. The zero-order valence-electron chi connectivity index (χ0n) is 10.3. The summed E-state index contributed by atoms with van der Waals surface area (Å²) in [7, 11) is 0. The van der Waals surface area contributed by atoms with Gasteiger partial charge in [-0.3, -0.25) is 4.79 Å². The highest BCUT2D eigenvalue weighted by Crippen LogP contribution is 2.37. The zero-order chi connectivity index (χ0) is 13.7. The summed E-state index contributed by atoms with van der Waals surface area (Å²) in [5.74, 6) is -1.20. The van der Waals surface area contributed by atoms with Crippen molar-refractivity contribution < 1.29 is 9.90 Å². The minimum atomic E-state index is -1.20. The third-order valence-electron chi connectivity index (χ3n) is 3.48. The van der Waals surface area contributed by atoms with Crippen molar-refractivity contribution in [3.05, 3.63) is 44.7 Å². The molecule has 19 heavy (non-hydrogen) atoms. The molecule has 0 atom stereocenters. The zero-order valence-corrected chi connectivity index (χ0v) is 11.1. The molecule has 98 valence electrons. The number of carboxylic acid groups (broad SMARTS) is 1. The van der Waals surface area contributed by atoms with Gasteiger partial charge in [-0.05, 0) is 37.5 Å². The fourth-order valence-electron chi connectivity index (χ4n) is 2.28. The summed E-state index contributed by atoms with van der Waals surface area (Å²) < 4.78 is 1.89. The first-order valence-electron chi connectivity index (χ1n) is 6.07. The molecule has 1 N–H and O–H groups in total. The molecule has 0 unspecified atom stereocenters. The Hall–Kier alpha value is -1.81. The van der Waals surface area contributed by atoms with Crippen LogP contribution in [0.15, 0.2) is 23.1 Å². The number of hydrogen-bond donors (Lipinski definition) is 1. The number of pyridine rings is 1. The van der Waals surface area contributed by atoms with Crippen LogP contribution < -0.4 is 5.43 Å². The maximum absolute atomic E-state index is 12.2. The van der Waals surface area contributed by atoms with Gasteiger partial charge in [0, 0.05) is 22.6 Å². The fourth-order valence-corrected chi connectivity index (χ4v) is 2.44. The molecule has 0 saturated heterocycles. The molecule has 1 aliphatic rings. The summed E-state index contributed by atoms with van der Waals surface area (Å²) in [6, 6.07) is 3.71. The number of hydrogen-bond acceptors (Lipinski definition) is 2. The Balaban J connectivity index is 2.45. The van der Waals surface area contributed by atoms with Crippen LogP contribution in [0.5, 0.6) is 0 Å². The van der Waals surface area contributed by atoms with Crippen molar-refractivity contribution in [2.45, 2.75) is 25.8 Å². The minimum Gasteiger partial charge on any atom is -0.477 e. The Morgan fingerprint density at radius 2 is 2.11 bits per heavy atom. The van der Waals surface area contributed by atoms with Crippen LogP contribution in [-0.4, -0.2) is 15.6 Å². The molecular formula is C14H12ClNO3. The Morgan fingerprint density at radius 3 is 2.68 bits per heavy atom. The topological polar surface area (TPSA) is 59.3 Å². The van der Waals surface area contributed by atoms with E-state index < -0.39 is 11.4 Å². The molecule has 1 aromatic heterocycles. The van der Waals surface area contributed by atoms with Crippen LogP contribution in [0.25, 0.3) is 10.9 Å². The lowest BCUT2D eigenvalue weighted by Gasteiger charge is -2.12. The van der Waals surface area contributed by atoms with Gasteiger partial charge in [-0.1, -0.05) is 11.6 Å². The monoisotopic (exact) mass is 277 g/mol. The van der Waals surface area contributed by atoms with Gasteiger partial charge in [-0.2, -0.15) is 0 Å². The molecule has 0 spiro atoms. The highest BCUT2D eigenvalue weighted by molar-refractivity contribution is 6.32. The molecule has 1 aliphatic carbocycles. The first kappa shape index (κ1) is 12.2. The van der Waals surface area contributed by atoms with Crippen LogP contribution in [0.1, 0.15) is 34.8 Å². The molecular weight excluding hydrogens is 266 g/mol.